The van der Waals surface area contributed by atoms with Gasteiger partial charge in [0, 0.05) is 11.8 Å². The van der Waals surface area contributed by atoms with Crippen LogP contribution in [0.2, 0.25) is 0 Å². The molecule has 30 heavy (non-hydrogen) atoms. The van der Waals surface area contributed by atoms with E-state index in [0.29, 0.717) is 36.7 Å². The molecule has 0 spiro atoms. The molecular formula is C27H40O3. The Morgan fingerprint density at radius 3 is 2.67 bits per heavy atom. The summed E-state index contributed by atoms with van der Waals surface area (Å²) >= 11 is 0. The highest BCUT2D eigenvalue weighted by Gasteiger charge is 2.62. The maximum absolute atomic E-state index is 12.5. The SMILES string of the molecule is CC(C)CCC[C@@H](C)[C@H]1C[C@@H]2OC(=O)C[C@H]3[C@@H]2[C@]1(C)CC[C@H]3OCc1ccccc1. The van der Waals surface area contributed by atoms with E-state index >= 15 is 0 Å². The van der Waals surface area contributed by atoms with E-state index < -0.39 is 0 Å². The van der Waals surface area contributed by atoms with Crippen LogP contribution in [0.5, 0.6) is 0 Å². The van der Waals surface area contributed by atoms with Crippen LogP contribution < -0.4 is 0 Å². The van der Waals surface area contributed by atoms with Crippen LogP contribution >= 0.6 is 0 Å². The Bertz CT molecular complexity index is 714. The number of ether oxygens (including phenoxy) is 2. The summed E-state index contributed by atoms with van der Waals surface area (Å²) in [5.41, 5.74) is 1.49. The second-order valence-electron chi connectivity index (χ2n) is 10.9. The van der Waals surface area contributed by atoms with Crippen molar-refractivity contribution in [2.45, 2.75) is 91.5 Å². The molecule has 0 N–H and O–H groups in total. The Kier molecular flexibility index (Phi) is 6.58. The summed E-state index contributed by atoms with van der Waals surface area (Å²) < 4.78 is 12.4. The van der Waals surface area contributed by atoms with Gasteiger partial charge in [0.05, 0.1) is 19.1 Å². The maximum Gasteiger partial charge on any atom is 0.306 e. The van der Waals surface area contributed by atoms with Crippen LogP contribution in [0.3, 0.4) is 0 Å². The van der Waals surface area contributed by atoms with Gasteiger partial charge in [-0.05, 0) is 48.0 Å². The lowest BCUT2D eigenvalue weighted by Crippen LogP contribution is -2.52. The van der Waals surface area contributed by atoms with Crippen LogP contribution in [0.1, 0.15) is 78.2 Å². The second kappa shape index (κ2) is 9.02. The highest BCUT2D eigenvalue weighted by Crippen LogP contribution is 2.63. The third kappa shape index (κ3) is 4.33. The lowest BCUT2D eigenvalue weighted by molar-refractivity contribution is -0.181. The number of esters is 1. The van der Waals surface area contributed by atoms with Crippen LogP contribution in [-0.4, -0.2) is 18.2 Å². The molecule has 1 aliphatic heterocycles. The summed E-state index contributed by atoms with van der Waals surface area (Å²) in [5.74, 6) is 2.89. The lowest BCUT2D eigenvalue weighted by Gasteiger charge is -2.51. The second-order valence-corrected chi connectivity index (χ2v) is 10.9. The molecule has 4 rings (SSSR count). The molecule has 1 saturated heterocycles. The first-order chi connectivity index (χ1) is 14.4. The molecule has 0 unspecified atom stereocenters. The quantitative estimate of drug-likeness (QED) is 0.463. The molecule has 166 valence electrons. The molecule has 0 aromatic heterocycles. The molecule has 2 saturated carbocycles. The van der Waals surface area contributed by atoms with Crippen LogP contribution in [-0.2, 0) is 20.9 Å². The Labute approximate surface area is 182 Å². The standard InChI is InChI=1S/C27H40O3/c1-18(2)9-8-10-19(3)22-16-24-26-21(15-25(28)30-24)23(13-14-27(22,26)4)29-17-20-11-6-5-7-12-20/h5-7,11-12,18-19,21-24,26H,8-10,13-17H2,1-4H3/t19-,21-,22-,23-,24+,26+,27-/m1/s1. The fourth-order valence-electron chi connectivity index (χ4n) is 7.06. The first kappa shape index (κ1) is 21.9. The predicted octanol–water partition coefficient (Wildman–Crippen LogP) is 6.40. The van der Waals surface area contributed by atoms with Crippen LogP contribution in [0.15, 0.2) is 30.3 Å². The molecule has 3 heteroatoms. The molecule has 3 nitrogen and oxygen atoms in total. The van der Waals surface area contributed by atoms with Gasteiger partial charge >= 0.3 is 5.97 Å². The Balaban J connectivity index is 1.47. The molecule has 0 radical (unpaired) electrons. The van der Waals surface area contributed by atoms with Crippen molar-refractivity contribution in [3.8, 4) is 0 Å². The topological polar surface area (TPSA) is 35.5 Å². The zero-order valence-electron chi connectivity index (χ0n) is 19.3. The molecule has 1 heterocycles. The van der Waals surface area contributed by atoms with Crippen molar-refractivity contribution in [1.29, 1.82) is 0 Å². The number of rotatable bonds is 8. The van der Waals surface area contributed by atoms with E-state index in [4.69, 9.17) is 9.47 Å². The number of carbonyl (C=O) groups is 1. The van der Waals surface area contributed by atoms with E-state index in [0.717, 1.165) is 18.8 Å². The van der Waals surface area contributed by atoms with Gasteiger partial charge in [-0.25, -0.2) is 0 Å². The third-order valence-electron chi connectivity index (χ3n) is 8.52. The van der Waals surface area contributed by atoms with Gasteiger partial charge in [-0.2, -0.15) is 0 Å². The van der Waals surface area contributed by atoms with Crippen molar-refractivity contribution >= 4 is 5.97 Å². The van der Waals surface area contributed by atoms with Gasteiger partial charge in [0.1, 0.15) is 6.10 Å². The zero-order chi connectivity index (χ0) is 21.3. The minimum Gasteiger partial charge on any atom is -0.462 e. The molecule has 0 bridgehead atoms. The van der Waals surface area contributed by atoms with Crippen molar-refractivity contribution in [2.75, 3.05) is 0 Å². The molecule has 3 fully saturated rings. The lowest BCUT2D eigenvalue weighted by atomic mass is 9.57. The van der Waals surface area contributed by atoms with E-state index in [2.05, 4.69) is 52.0 Å². The number of carbonyl (C=O) groups excluding carboxylic acids is 1. The van der Waals surface area contributed by atoms with Crippen LogP contribution in [0, 0.1) is 35.0 Å². The maximum atomic E-state index is 12.5. The molecule has 1 aromatic rings. The first-order valence-electron chi connectivity index (χ1n) is 12.2. The van der Waals surface area contributed by atoms with Gasteiger partial charge in [0.25, 0.3) is 0 Å². The van der Waals surface area contributed by atoms with Gasteiger partial charge in [-0.3, -0.25) is 4.79 Å². The van der Waals surface area contributed by atoms with Gasteiger partial charge < -0.3 is 9.47 Å². The van der Waals surface area contributed by atoms with Crippen molar-refractivity contribution in [3.63, 3.8) is 0 Å². The van der Waals surface area contributed by atoms with Crippen LogP contribution in [0.4, 0.5) is 0 Å². The molecule has 1 aromatic carbocycles. The fourth-order valence-corrected chi connectivity index (χ4v) is 7.06. The summed E-state index contributed by atoms with van der Waals surface area (Å²) in [5, 5.41) is 0. The van der Waals surface area contributed by atoms with E-state index in [1.54, 1.807) is 0 Å². The zero-order valence-corrected chi connectivity index (χ0v) is 19.3. The monoisotopic (exact) mass is 412 g/mol. The largest absolute Gasteiger partial charge is 0.462 e. The van der Waals surface area contributed by atoms with Crippen molar-refractivity contribution in [1.82, 2.24) is 0 Å². The Hall–Kier alpha value is -1.35. The highest BCUT2D eigenvalue weighted by atomic mass is 16.5. The van der Waals surface area contributed by atoms with Gasteiger partial charge in [-0.1, -0.05) is 77.3 Å². The summed E-state index contributed by atoms with van der Waals surface area (Å²) in [6.45, 7) is 10.2. The first-order valence-corrected chi connectivity index (χ1v) is 12.2. The predicted molar refractivity (Wildman–Crippen MR) is 120 cm³/mol. The van der Waals surface area contributed by atoms with E-state index in [1.807, 2.05) is 6.07 Å². The smallest absolute Gasteiger partial charge is 0.306 e. The number of hydrogen-bond donors (Lipinski definition) is 0. The Morgan fingerprint density at radius 1 is 1.17 bits per heavy atom. The third-order valence-corrected chi connectivity index (χ3v) is 8.52. The van der Waals surface area contributed by atoms with Gasteiger partial charge in [0.15, 0.2) is 0 Å². The van der Waals surface area contributed by atoms with Gasteiger partial charge in [0.2, 0.25) is 0 Å². The Morgan fingerprint density at radius 2 is 1.93 bits per heavy atom. The van der Waals surface area contributed by atoms with E-state index in [1.165, 1.54) is 31.2 Å². The van der Waals surface area contributed by atoms with Crippen molar-refractivity contribution in [3.05, 3.63) is 35.9 Å². The molecule has 7 atom stereocenters. The number of benzene rings is 1. The molecular weight excluding hydrogens is 372 g/mol. The average molecular weight is 413 g/mol. The van der Waals surface area contributed by atoms with E-state index in [-0.39, 0.29) is 23.6 Å². The molecule has 0 amide bonds. The van der Waals surface area contributed by atoms with Crippen LogP contribution in [0.25, 0.3) is 0 Å². The van der Waals surface area contributed by atoms with E-state index in [9.17, 15) is 4.79 Å². The fraction of sp³-hybridized carbons (Fsp3) is 0.741. The minimum absolute atomic E-state index is 0.00748. The summed E-state index contributed by atoms with van der Waals surface area (Å²) in [6, 6.07) is 10.4. The summed E-state index contributed by atoms with van der Waals surface area (Å²) in [6.07, 6.45) is 8.05. The number of hydrogen-bond acceptors (Lipinski definition) is 3. The average Bonchev–Trinajstić information content (AvgIpc) is 3.01. The minimum atomic E-state index is -0.00748. The van der Waals surface area contributed by atoms with Crippen molar-refractivity contribution < 1.29 is 14.3 Å². The molecule has 2 aliphatic carbocycles. The van der Waals surface area contributed by atoms with Gasteiger partial charge in [-0.15, -0.1) is 0 Å². The summed E-state index contributed by atoms with van der Waals surface area (Å²) in [4.78, 5) is 12.5. The molecule has 3 aliphatic rings. The normalized spacial score (nSPS) is 36.4. The summed E-state index contributed by atoms with van der Waals surface area (Å²) in [7, 11) is 0. The highest BCUT2D eigenvalue weighted by molar-refractivity contribution is 5.71. The van der Waals surface area contributed by atoms with Crippen molar-refractivity contribution in [2.24, 2.45) is 35.0 Å².